The zero-order valence-electron chi connectivity index (χ0n) is 12.9. The Balaban J connectivity index is 1.59. The van der Waals surface area contributed by atoms with Crippen LogP contribution in [0.5, 0.6) is 0 Å². The van der Waals surface area contributed by atoms with Crippen LogP contribution in [0.1, 0.15) is 18.0 Å². The predicted molar refractivity (Wildman–Crippen MR) is 82.4 cm³/mol. The van der Waals surface area contributed by atoms with E-state index in [1.165, 1.54) is 0 Å². The third-order valence-corrected chi connectivity index (χ3v) is 3.20. The van der Waals surface area contributed by atoms with E-state index in [-0.39, 0.29) is 12.3 Å². The molecule has 0 radical (unpaired) electrons. The highest BCUT2D eigenvalue weighted by Gasteiger charge is 2.14. The van der Waals surface area contributed by atoms with Crippen LogP contribution in [-0.2, 0) is 18.3 Å². The Bertz CT molecular complexity index is 808. The number of hydrogen-bond acceptors (Lipinski definition) is 6. The molecule has 0 aromatic carbocycles. The van der Waals surface area contributed by atoms with E-state index in [2.05, 4.69) is 25.6 Å². The minimum absolute atomic E-state index is 0.130. The fourth-order valence-electron chi connectivity index (χ4n) is 2.15. The molecule has 0 saturated heterocycles. The Hall–Kier alpha value is -3.03. The number of nitrogens with one attached hydrogen (secondary N) is 1. The van der Waals surface area contributed by atoms with Crippen molar-refractivity contribution in [3.05, 3.63) is 42.2 Å². The van der Waals surface area contributed by atoms with Crippen LogP contribution in [0.3, 0.4) is 0 Å². The summed E-state index contributed by atoms with van der Waals surface area (Å²) in [6, 6.07) is 5.41. The minimum atomic E-state index is -0.130. The van der Waals surface area contributed by atoms with Gasteiger partial charge >= 0.3 is 0 Å². The number of carbonyl (C=O) groups excluding carboxylic acids is 1. The molecule has 8 nitrogen and oxygen atoms in total. The fraction of sp³-hybridized carbons (Fsp3) is 0.267. The molecular weight excluding hydrogens is 296 g/mol. The fourth-order valence-corrected chi connectivity index (χ4v) is 2.15. The second kappa shape index (κ2) is 6.39. The summed E-state index contributed by atoms with van der Waals surface area (Å²) < 4.78 is 7.27. The lowest BCUT2D eigenvalue weighted by Gasteiger charge is -2.02. The van der Waals surface area contributed by atoms with Gasteiger partial charge in [-0.05, 0) is 25.1 Å². The quantitative estimate of drug-likeness (QED) is 0.770. The van der Waals surface area contributed by atoms with E-state index >= 15 is 0 Å². The first kappa shape index (κ1) is 14.9. The third kappa shape index (κ3) is 3.60. The summed E-state index contributed by atoms with van der Waals surface area (Å²) in [5, 5.41) is 15.0. The Morgan fingerprint density at radius 2 is 2.26 bits per heavy atom. The lowest BCUT2D eigenvalue weighted by atomic mass is 10.3. The molecule has 8 heteroatoms. The van der Waals surface area contributed by atoms with Gasteiger partial charge in [0.1, 0.15) is 5.69 Å². The van der Waals surface area contributed by atoms with Crippen LogP contribution in [0.4, 0.5) is 5.69 Å². The summed E-state index contributed by atoms with van der Waals surface area (Å²) in [6.45, 7) is 1.89. The lowest BCUT2D eigenvalue weighted by Crippen LogP contribution is -2.12. The van der Waals surface area contributed by atoms with Crippen LogP contribution >= 0.6 is 0 Å². The number of hydrogen-bond donors (Lipinski definition) is 1. The van der Waals surface area contributed by atoms with E-state index in [0.717, 1.165) is 11.4 Å². The largest absolute Gasteiger partial charge is 0.419 e. The van der Waals surface area contributed by atoms with E-state index in [4.69, 9.17) is 4.42 Å². The molecule has 1 N–H and O–H groups in total. The van der Waals surface area contributed by atoms with Crippen LogP contribution in [0, 0.1) is 6.92 Å². The van der Waals surface area contributed by atoms with Gasteiger partial charge in [0.05, 0.1) is 17.6 Å². The molecule has 0 aliphatic heterocycles. The number of pyridine rings is 1. The Morgan fingerprint density at radius 1 is 1.39 bits per heavy atom. The van der Waals surface area contributed by atoms with Crippen LogP contribution in [0.2, 0.25) is 0 Å². The summed E-state index contributed by atoms with van der Waals surface area (Å²) in [7, 11) is 1.81. The molecule has 0 unspecified atom stereocenters. The number of aryl methyl sites for hydroxylation is 3. The molecule has 3 aromatic heterocycles. The van der Waals surface area contributed by atoms with Gasteiger partial charge in [-0.3, -0.25) is 14.5 Å². The first-order chi connectivity index (χ1) is 11.1. The number of anilines is 1. The van der Waals surface area contributed by atoms with Gasteiger partial charge in [-0.25, -0.2) is 0 Å². The van der Waals surface area contributed by atoms with Crippen molar-refractivity contribution in [3.8, 4) is 11.6 Å². The van der Waals surface area contributed by atoms with E-state index in [1.54, 1.807) is 29.2 Å². The molecule has 0 saturated carbocycles. The molecule has 0 atom stereocenters. The van der Waals surface area contributed by atoms with E-state index in [1.807, 2.05) is 20.0 Å². The van der Waals surface area contributed by atoms with Crippen molar-refractivity contribution in [1.82, 2.24) is 25.0 Å². The average molecular weight is 312 g/mol. The van der Waals surface area contributed by atoms with Crippen LogP contribution in [-0.4, -0.2) is 30.9 Å². The number of carbonyl (C=O) groups is 1. The topological polar surface area (TPSA) is 98.7 Å². The third-order valence-electron chi connectivity index (χ3n) is 3.20. The zero-order valence-corrected chi connectivity index (χ0v) is 12.9. The van der Waals surface area contributed by atoms with Crippen molar-refractivity contribution in [1.29, 1.82) is 0 Å². The highest BCUT2D eigenvalue weighted by molar-refractivity contribution is 5.90. The maximum Gasteiger partial charge on any atom is 0.265 e. The zero-order chi connectivity index (χ0) is 16.2. The first-order valence-electron chi connectivity index (χ1n) is 7.15. The number of rotatable bonds is 5. The van der Waals surface area contributed by atoms with Crippen molar-refractivity contribution in [3.63, 3.8) is 0 Å². The summed E-state index contributed by atoms with van der Waals surface area (Å²) in [5.41, 5.74) is 2.29. The molecule has 3 heterocycles. The first-order valence-corrected chi connectivity index (χ1v) is 7.15. The molecule has 118 valence electrons. The van der Waals surface area contributed by atoms with Crippen molar-refractivity contribution < 1.29 is 9.21 Å². The van der Waals surface area contributed by atoms with Gasteiger partial charge in [-0.15, -0.1) is 10.2 Å². The summed E-state index contributed by atoms with van der Waals surface area (Å²) in [4.78, 5) is 15.8. The van der Waals surface area contributed by atoms with Crippen molar-refractivity contribution >= 4 is 11.6 Å². The molecule has 0 spiro atoms. The normalized spacial score (nSPS) is 10.7. The molecule has 0 bridgehead atoms. The molecule has 0 aliphatic carbocycles. The number of amides is 1. The highest BCUT2D eigenvalue weighted by atomic mass is 16.4. The van der Waals surface area contributed by atoms with Gasteiger partial charge in [0.15, 0.2) is 0 Å². The second-order valence-corrected chi connectivity index (χ2v) is 5.09. The van der Waals surface area contributed by atoms with Gasteiger partial charge in [0.25, 0.3) is 5.89 Å². The molecule has 1 amide bonds. The molecular formula is C15H16N6O2. The summed E-state index contributed by atoms with van der Waals surface area (Å²) >= 11 is 0. The lowest BCUT2D eigenvalue weighted by molar-refractivity contribution is -0.116. The van der Waals surface area contributed by atoms with Crippen molar-refractivity contribution in [2.45, 2.75) is 19.8 Å². The van der Waals surface area contributed by atoms with E-state index < -0.39 is 0 Å². The monoisotopic (exact) mass is 312 g/mol. The summed E-state index contributed by atoms with van der Waals surface area (Å²) in [6.07, 6.45) is 3.86. The molecule has 23 heavy (non-hydrogen) atoms. The Morgan fingerprint density at radius 3 is 2.96 bits per heavy atom. The maximum absolute atomic E-state index is 11.9. The van der Waals surface area contributed by atoms with Gasteiger partial charge in [0.2, 0.25) is 11.8 Å². The van der Waals surface area contributed by atoms with Gasteiger partial charge in [0, 0.05) is 26.1 Å². The van der Waals surface area contributed by atoms with Crippen LogP contribution in [0.25, 0.3) is 11.6 Å². The smallest absolute Gasteiger partial charge is 0.265 e. The maximum atomic E-state index is 11.9. The van der Waals surface area contributed by atoms with E-state index in [0.29, 0.717) is 23.9 Å². The predicted octanol–water partition coefficient (Wildman–Crippen LogP) is 1.74. The average Bonchev–Trinajstić information content (AvgIpc) is 3.12. The highest BCUT2D eigenvalue weighted by Crippen LogP contribution is 2.18. The Kier molecular flexibility index (Phi) is 4.13. The second-order valence-electron chi connectivity index (χ2n) is 5.09. The van der Waals surface area contributed by atoms with Crippen LogP contribution in [0.15, 0.2) is 35.0 Å². The van der Waals surface area contributed by atoms with Gasteiger partial charge < -0.3 is 9.73 Å². The SMILES string of the molecule is Cc1cc(-c2nnc(CCC(=O)Nc3cccnc3)o2)n(C)n1. The van der Waals surface area contributed by atoms with Gasteiger partial charge in [-0.1, -0.05) is 0 Å². The summed E-state index contributed by atoms with van der Waals surface area (Å²) in [5.74, 6) is 0.685. The van der Waals surface area contributed by atoms with Crippen molar-refractivity contribution in [2.24, 2.45) is 7.05 Å². The van der Waals surface area contributed by atoms with E-state index in [9.17, 15) is 4.79 Å². The Labute approximate surface area is 132 Å². The minimum Gasteiger partial charge on any atom is -0.419 e. The van der Waals surface area contributed by atoms with Gasteiger partial charge in [-0.2, -0.15) is 5.10 Å². The number of aromatic nitrogens is 5. The molecule has 3 aromatic rings. The molecule has 0 aliphatic rings. The van der Waals surface area contributed by atoms with Crippen molar-refractivity contribution in [2.75, 3.05) is 5.32 Å². The van der Waals surface area contributed by atoms with Crippen LogP contribution < -0.4 is 5.32 Å². The standard InChI is InChI=1S/C15H16N6O2/c1-10-8-12(21(2)20-10)15-19-18-14(23-15)6-5-13(22)17-11-4-3-7-16-9-11/h3-4,7-9H,5-6H2,1-2H3,(H,17,22). The molecule has 3 rings (SSSR count). The number of nitrogens with zero attached hydrogens (tertiary/aromatic N) is 5. The molecule has 0 fully saturated rings.